The molecule has 1 aromatic carbocycles. The summed E-state index contributed by atoms with van der Waals surface area (Å²) in [5, 5.41) is 0. The molecule has 1 saturated heterocycles. The Morgan fingerprint density at radius 1 is 1.10 bits per heavy atom. The molecule has 1 aromatic rings. The van der Waals surface area contributed by atoms with E-state index in [-0.39, 0.29) is 41.2 Å². The fourth-order valence-electron chi connectivity index (χ4n) is 5.34. The lowest BCUT2D eigenvalue weighted by molar-refractivity contribution is -0.158. The van der Waals surface area contributed by atoms with Gasteiger partial charge in [0.2, 0.25) is 5.91 Å². The average Bonchev–Trinajstić information content (AvgIpc) is 3.02. The van der Waals surface area contributed by atoms with Gasteiger partial charge in [0.25, 0.3) is 0 Å². The fourth-order valence-corrected chi connectivity index (χ4v) is 5.34. The van der Waals surface area contributed by atoms with Gasteiger partial charge in [-0.1, -0.05) is 70.4 Å². The third-order valence-electron chi connectivity index (χ3n) is 6.60. The molecule has 160 valence electrons. The van der Waals surface area contributed by atoms with Gasteiger partial charge in [-0.25, -0.2) is 4.79 Å². The number of hydrogen-bond donors (Lipinski definition) is 1. The number of esters is 1. The molecule has 0 aromatic heterocycles. The van der Waals surface area contributed by atoms with Crippen molar-refractivity contribution in [2.24, 2.45) is 23.0 Å². The quantitative estimate of drug-likeness (QED) is 0.773. The molecule has 29 heavy (non-hydrogen) atoms. The van der Waals surface area contributed by atoms with Gasteiger partial charge in [-0.05, 0) is 30.7 Å². The molecule has 1 heterocycles. The van der Waals surface area contributed by atoms with Gasteiger partial charge >= 0.3 is 5.97 Å². The van der Waals surface area contributed by atoms with Crippen LogP contribution in [0, 0.1) is 17.3 Å². The van der Waals surface area contributed by atoms with E-state index in [4.69, 9.17) is 10.5 Å². The normalized spacial score (nSPS) is 28.4. The summed E-state index contributed by atoms with van der Waals surface area (Å²) >= 11 is 0. The first-order chi connectivity index (χ1) is 13.8. The summed E-state index contributed by atoms with van der Waals surface area (Å²) < 4.78 is 5.46. The van der Waals surface area contributed by atoms with Crippen molar-refractivity contribution >= 4 is 11.9 Å². The van der Waals surface area contributed by atoms with Crippen LogP contribution in [0.3, 0.4) is 0 Å². The van der Waals surface area contributed by atoms with E-state index in [1.54, 1.807) is 6.92 Å². The average molecular weight is 401 g/mol. The third-order valence-corrected chi connectivity index (χ3v) is 6.60. The van der Waals surface area contributed by atoms with Crippen molar-refractivity contribution in [2.75, 3.05) is 6.61 Å². The lowest BCUT2D eigenvalue weighted by Crippen LogP contribution is -2.50. The molecule has 5 nitrogen and oxygen atoms in total. The maximum absolute atomic E-state index is 13.8. The number of nitrogens with zero attached hydrogens (tertiary/aromatic N) is 1. The van der Waals surface area contributed by atoms with Crippen molar-refractivity contribution in [3.63, 3.8) is 0 Å². The standard InChI is InChI=1S/C24H36N2O3/c1-5-29-23(28)21-18(24(2,3)4)19(25)20(16-12-8-6-9-13-16)26(21)22(27)17-14-10-7-11-15-17/h6,8-9,12-13,17-21H,5,7,10-11,14-15,25H2,1-4H3/t18-,19-,20-,21-/m0/s1. The predicted molar refractivity (Wildman–Crippen MR) is 114 cm³/mol. The summed E-state index contributed by atoms with van der Waals surface area (Å²) in [6, 6.07) is 8.62. The lowest BCUT2D eigenvalue weighted by Gasteiger charge is -2.36. The molecular weight excluding hydrogens is 364 g/mol. The molecular formula is C24H36N2O3. The molecule has 1 amide bonds. The van der Waals surface area contributed by atoms with E-state index in [2.05, 4.69) is 20.8 Å². The highest BCUT2D eigenvalue weighted by Gasteiger charge is 2.57. The van der Waals surface area contributed by atoms with Crippen LogP contribution in [0.4, 0.5) is 0 Å². The molecule has 0 spiro atoms. The van der Waals surface area contributed by atoms with Crippen LogP contribution in [0.2, 0.25) is 0 Å². The van der Waals surface area contributed by atoms with Crippen LogP contribution in [0.1, 0.15) is 71.4 Å². The van der Waals surface area contributed by atoms with E-state index in [1.807, 2.05) is 35.2 Å². The van der Waals surface area contributed by atoms with Crippen molar-refractivity contribution in [3.05, 3.63) is 35.9 Å². The van der Waals surface area contributed by atoms with E-state index in [0.29, 0.717) is 6.61 Å². The Morgan fingerprint density at radius 2 is 1.72 bits per heavy atom. The van der Waals surface area contributed by atoms with Gasteiger partial charge in [-0.15, -0.1) is 0 Å². The number of rotatable bonds is 4. The molecule has 2 N–H and O–H groups in total. The van der Waals surface area contributed by atoms with Gasteiger partial charge in [-0.2, -0.15) is 0 Å². The van der Waals surface area contributed by atoms with E-state index in [0.717, 1.165) is 31.2 Å². The number of ether oxygens (including phenoxy) is 1. The Morgan fingerprint density at radius 3 is 2.28 bits per heavy atom. The molecule has 1 saturated carbocycles. The van der Waals surface area contributed by atoms with Crippen LogP contribution >= 0.6 is 0 Å². The van der Waals surface area contributed by atoms with Crippen molar-refractivity contribution in [1.29, 1.82) is 0 Å². The second-order valence-electron chi connectivity index (χ2n) is 9.60. The smallest absolute Gasteiger partial charge is 0.329 e. The molecule has 1 aliphatic carbocycles. The molecule has 2 aliphatic rings. The van der Waals surface area contributed by atoms with Crippen LogP contribution in [-0.2, 0) is 14.3 Å². The van der Waals surface area contributed by atoms with E-state index in [1.165, 1.54) is 6.42 Å². The summed E-state index contributed by atoms with van der Waals surface area (Å²) in [5.74, 6) is -0.471. The van der Waals surface area contributed by atoms with E-state index < -0.39 is 6.04 Å². The molecule has 1 aliphatic heterocycles. The monoisotopic (exact) mass is 400 g/mol. The molecule has 2 fully saturated rings. The topological polar surface area (TPSA) is 72.6 Å². The minimum Gasteiger partial charge on any atom is -0.464 e. The number of carbonyl (C=O) groups is 2. The van der Waals surface area contributed by atoms with Crippen molar-refractivity contribution in [2.45, 2.75) is 77.9 Å². The Bertz CT molecular complexity index is 707. The fraction of sp³-hybridized carbons (Fsp3) is 0.667. The SMILES string of the molecule is CCOC(=O)[C@@H]1[C@@H](C(C)(C)C)[C@H](N)[C@H](c2ccccc2)N1C(=O)C1CCCCC1. The largest absolute Gasteiger partial charge is 0.464 e. The number of carbonyl (C=O) groups excluding carboxylic acids is 2. The molecule has 4 atom stereocenters. The molecule has 0 radical (unpaired) electrons. The van der Waals surface area contributed by atoms with E-state index in [9.17, 15) is 9.59 Å². The van der Waals surface area contributed by atoms with E-state index >= 15 is 0 Å². The number of benzene rings is 1. The number of nitrogens with two attached hydrogens (primary N) is 1. The highest BCUT2D eigenvalue weighted by Crippen LogP contribution is 2.48. The zero-order chi connectivity index (χ0) is 21.2. The Balaban J connectivity index is 2.09. The van der Waals surface area contributed by atoms with Gasteiger partial charge in [0, 0.05) is 17.9 Å². The first kappa shape index (κ1) is 21.8. The van der Waals surface area contributed by atoms with Gasteiger partial charge in [0.15, 0.2) is 0 Å². The minimum atomic E-state index is -0.649. The summed E-state index contributed by atoms with van der Waals surface area (Å²) in [6.45, 7) is 8.39. The first-order valence-corrected chi connectivity index (χ1v) is 11.1. The Kier molecular flexibility index (Phi) is 6.67. The van der Waals surface area contributed by atoms with Crippen LogP contribution in [-0.4, -0.2) is 35.5 Å². The van der Waals surface area contributed by atoms with Crippen molar-refractivity contribution in [1.82, 2.24) is 4.90 Å². The van der Waals surface area contributed by atoms with Gasteiger partial charge in [-0.3, -0.25) is 4.79 Å². The van der Waals surface area contributed by atoms with Crippen molar-refractivity contribution < 1.29 is 14.3 Å². The summed E-state index contributed by atoms with van der Waals surface area (Å²) in [5.41, 5.74) is 7.57. The van der Waals surface area contributed by atoms with Gasteiger partial charge in [0.1, 0.15) is 6.04 Å². The maximum Gasteiger partial charge on any atom is 0.329 e. The second kappa shape index (κ2) is 8.86. The first-order valence-electron chi connectivity index (χ1n) is 11.1. The van der Waals surface area contributed by atoms with Crippen LogP contribution in [0.15, 0.2) is 30.3 Å². The lowest BCUT2D eigenvalue weighted by atomic mass is 9.73. The third kappa shape index (κ3) is 4.35. The zero-order valence-electron chi connectivity index (χ0n) is 18.3. The number of amides is 1. The molecule has 3 rings (SSSR count). The Labute approximate surface area is 175 Å². The highest BCUT2D eigenvalue weighted by molar-refractivity contribution is 5.88. The Hall–Kier alpha value is -1.88. The summed E-state index contributed by atoms with van der Waals surface area (Å²) in [7, 11) is 0. The number of likely N-dealkylation sites (tertiary alicyclic amines) is 1. The zero-order valence-corrected chi connectivity index (χ0v) is 18.3. The van der Waals surface area contributed by atoms with Crippen LogP contribution in [0.5, 0.6) is 0 Å². The molecule has 0 unspecified atom stereocenters. The predicted octanol–water partition coefficient (Wildman–Crippen LogP) is 4.07. The second-order valence-corrected chi connectivity index (χ2v) is 9.60. The highest BCUT2D eigenvalue weighted by atomic mass is 16.5. The number of hydrogen-bond acceptors (Lipinski definition) is 4. The van der Waals surface area contributed by atoms with Crippen LogP contribution < -0.4 is 5.73 Å². The van der Waals surface area contributed by atoms with Crippen molar-refractivity contribution in [3.8, 4) is 0 Å². The molecule has 5 heteroatoms. The minimum absolute atomic E-state index is 0.0298. The van der Waals surface area contributed by atoms with Crippen LogP contribution in [0.25, 0.3) is 0 Å². The molecule has 0 bridgehead atoms. The maximum atomic E-state index is 13.8. The summed E-state index contributed by atoms with van der Waals surface area (Å²) in [6.07, 6.45) is 5.10. The van der Waals surface area contributed by atoms with Gasteiger partial charge in [0.05, 0.1) is 12.6 Å². The summed E-state index contributed by atoms with van der Waals surface area (Å²) in [4.78, 5) is 28.7. The van der Waals surface area contributed by atoms with Gasteiger partial charge < -0.3 is 15.4 Å².